The van der Waals surface area contributed by atoms with Gasteiger partial charge in [0.15, 0.2) is 5.11 Å². The number of rotatable bonds is 3. The van der Waals surface area contributed by atoms with Crippen molar-refractivity contribution in [3.8, 4) is 0 Å². The summed E-state index contributed by atoms with van der Waals surface area (Å²) in [6.45, 7) is 0. The Labute approximate surface area is 143 Å². The van der Waals surface area contributed by atoms with Gasteiger partial charge in [0.25, 0.3) is 0 Å². The predicted octanol–water partition coefficient (Wildman–Crippen LogP) is 5.27. The Hall–Kier alpha value is -0.910. The molecule has 1 aliphatic rings. The molecule has 0 saturated heterocycles. The van der Waals surface area contributed by atoms with E-state index in [1.807, 2.05) is 35.6 Å². The molecule has 0 atom stereocenters. The first-order chi connectivity index (χ1) is 10.2. The van der Waals surface area contributed by atoms with Gasteiger partial charge in [0.1, 0.15) is 0 Å². The molecule has 0 unspecified atom stereocenters. The summed E-state index contributed by atoms with van der Waals surface area (Å²) in [5.74, 6) is 0. The van der Waals surface area contributed by atoms with Crippen molar-refractivity contribution in [2.45, 2.75) is 31.2 Å². The zero-order valence-electron chi connectivity index (χ0n) is 11.6. The largest absolute Gasteiger partial charge is 0.352 e. The van der Waals surface area contributed by atoms with Crippen LogP contribution in [0.5, 0.6) is 0 Å². The Bertz CT molecular complexity index is 602. The van der Waals surface area contributed by atoms with E-state index in [-0.39, 0.29) is 5.54 Å². The Morgan fingerprint density at radius 2 is 1.86 bits per heavy atom. The fraction of sp³-hybridized carbons (Fsp3) is 0.312. The highest BCUT2D eigenvalue weighted by atomic mass is 79.9. The number of nitrogens with one attached hydrogen (secondary N) is 2. The van der Waals surface area contributed by atoms with Crippen molar-refractivity contribution in [3.63, 3.8) is 0 Å². The maximum atomic E-state index is 5.52. The van der Waals surface area contributed by atoms with Crippen LogP contribution in [-0.2, 0) is 5.54 Å². The van der Waals surface area contributed by atoms with Gasteiger partial charge in [0.05, 0.1) is 5.54 Å². The Kier molecular flexibility index (Phi) is 4.62. The third-order valence-corrected chi connectivity index (χ3v) is 5.71. The second-order valence-electron chi connectivity index (χ2n) is 5.35. The molecule has 1 aromatic heterocycles. The van der Waals surface area contributed by atoms with Crippen LogP contribution in [0.2, 0.25) is 0 Å². The van der Waals surface area contributed by atoms with Gasteiger partial charge in [-0.3, -0.25) is 0 Å². The summed E-state index contributed by atoms with van der Waals surface area (Å²) in [6.07, 6.45) is 4.81. The molecule has 0 bridgehead atoms. The molecule has 5 heteroatoms. The summed E-state index contributed by atoms with van der Waals surface area (Å²) in [4.78, 5) is 1.39. The van der Waals surface area contributed by atoms with Crippen molar-refractivity contribution in [2.75, 3.05) is 5.32 Å². The molecule has 110 valence electrons. The second kappa shape index (κ2) is 6.46. The molecule has 21 heavy (non-hydrogen) atoms. The average Bonchev–Trinajstić information content (AvgIpc) is 3.12. The number of thiophene rings is 1. The van der Waals surface area contributed by atoms with Crippen LogP contribution in [0.3, 0.4) is 0 Å². The van der Waals surface area contributed by atoms with Crippen molar-refractivity contribution in [1.29, 1.82) is 0 Å². The van der Waals surface area contributed by atoms with Crippen molar-refractivity contribution in [2.24, 2.45) is 0 Å². The van der Waals surface area contributed by atoms with Gasteiger partial charge in [-0.1, -0.05) is 34.8 Å². The highest BCUT2D eigenvalue weighted by Gasteiger charge is 2.37. The van der Waals surface area contributed by atoms with Gasteiger partial charge in [-0.05, 0) is 60.8 Å². The second-order valence-corrected chi connectivity index (χ2v) is 7.62. The van der Waals surface area contributed by atoms with E-state index in [9.17, 15) is 0 Å². The van der Waals surface area contributed by atoms with E-state index < -0.39 is 0 Å². The quantitative estimate of drug-likeness (QED) is 0.709. The van der Waals surface area contributed by atoms with Crippen LogP contribution in [0.4, 0.5) is 5.69 Å². The summed E-state index contributed by atoms with van der Waals surface area (Å²) in [7, 11) is 0. The standard InChI is InChI=1S/C16H17BrN2S2/c17-12-5-7-13(8-6-12)18-15(20)19-16(9-1-2-10-16)14-4-3-11-21-14/h3-8,11H,1-2,9-10H2,(H2,18,19,20). The van der Waals surface area contributed by atoms with Crippen LogP contribution >= 0.6 is 39.5 Å². The lowest BCUT2D eigenvalue weighted by Crippen LogP contribution is -2.45. The van der Waals surface area contributed by atoms with E-state index in [0.29, 0.717) is 5.11 Å². The van der Waals surface area contributed by atoms with Crippen LogP contribution in [0, 0.1) is 0 Å². The summed E-state index contributed by atoms with van der Waals surface area (Å²) < 4.78 is 1.07. The molecule has 0 radical (unpaired) electrons. The molecular formula is C16H17BrN2S2. The fourth-order valence-electron chi connectivity index (χ4n) is 2.88. The van der Waals surface area contributed by atoms with E-state index in [0.717, 1.165) is 23.0 Å². The maximum Gasteiger partial charge on any atom is 0.171 e. The fourth-order valence-corrected chi connectivity index (χ4v) is 4.39. The van der Waals surface area contributed by atoms with Crippen molar-refractivity contribution in [1.82, 2.24) is 5.32 Å². The van der Waals surface area contributed by atoms with Crippen LogP contribution in [-0.4, -0.2) is 5.11 Å². The molecule has 3 rings (SSSR count). The molecule has 0 amide bonds. The number of hydrogen-bond donors (Lipinski definition) is 2. The molecule has 2 aromatic rings. The molecule has 2 nitrogen and oxygen atoms in total. The molecule has 0 spiro atoms. The lowest BCUT2D eigenvalue weighted by atomic mass is 9.96. The number of hydrogen-bond acceptors (Lipinski definition) is 2. The first-order valence-corrected chi connectivity index (χ1v) is 9.15. The first-order valence-electron chi connectivity index (χ1n) is 7.07. The van der Waals surface area contributed by atoms with Crippen molar-refractivity contribution < 1.29 is 0 Å². The monoisotopic (exact) mass is 380 g/mol. The Morgan fingerprint density at radius 3 is 2.48 bits per heavy atom. The lowest BCUT2D eigenvalue weighted by molar-refractivity contribution is 0.417. The van der Waals surface area contributed by atoms with Crippen molar-refractivity contribution in [3.05, 3.63) is 51.1 Å². The number of benzene rings is 1. The number of anilines is 1. The normalized spacial score (nSPS) is 16.6. The van der Waals surface area contributed by atoms with Crippen LogP contribution in [0.1, 0.15) is 30.6 Å². The average molecular weight is 381 g/mol. The molecule has 1 fully saturated rings. The summed E-state index contributed by atoms with van der Waals surface area (Å²) in [5, 5.41) is 9.71. The van der Waals surface area contributed by atoms with Gasteiger partial charge in [-0.2, -0.15) is 0 Å². The van der Waals surface area contributed by atoms with E-state index in [4.69, 9.17) is 12.2 Å². The van der Waals surface area contributed by atoms with Gasteiger partial charge < -0.3 is 10.6 Å². The third kappa shape index (κ3) is 3.47. The van der Waals surface area contributed by atoms with Gasteiger partial charge >= 0.3 is 0 Å². The molecule has 1 saturated carbocycles. The summed E-state index contributed by atoms with van der Waals surface area (Å²) >= 11 is 10.8. The minimum Gasteiger partial charge on any atom is -0.352 e. The minimum absolute atomic E-state index is 0.0214. The smallest absolute Gasteiger partial charge is 0.171 e. The van der Waals surface area contributed by atoms with Gasteiger partial charge in [0.2, 0.25) is 0 Å². The zero-order valence-corrected chi connectivity index (χ0v) is 14.8. The third-order valence-electron chi connectivity index (χ3n) is 3.90. The van der Waals surface area contributed by atoms with E-state index >= 15 is 0 Å². The molecular weight excluding hydrogens is 364 g/mol. The van der Waals surface area contributed by atoms with Gasteiger partial charge in [-0.25, -0.2) is 0 Å². The van der Waals surface area contributed by atoms with Crippen LogP contribution in [0.25, 0.3) is 0 Å². The van der Waals surface area contributed by atoms with Crippen LogP contribution in [0.15, 0.2) is 46.3 Å². The topological polar surface area (TPSA) is 24.1 Å². The molecule has 1 aromatic carbocycles. The highest BCUT2D eigenvalue weighted by Crippen LogP contribution is 2.40. The molecule has 1 heterocycles. The molecule has 1 aliphatic carbocycles. The van der Waals surface area contributed by atoms with E-state index in [2.05, 4.69) is 44.1 Å². The maximum absolute atomic E-state index is 5.52. The first kappa shape index (κ1) is 15.0. The highest BCUT2D eigenvalue weighted by molar-refractivity contribution is 9.10. The number of thiocarbonyl (C=S) groups is 1. The van der Waals surface area contributed by atoms with E-state index in [1.165, 1.54) is 17.7 Å². The molecule has 0 aliphatic heterocycles. The van der Waals surface area contributed by atoms with Crippen LogP contribution < -0.4 is 10.6 Å². The Morgan fingerprint density at radius 1 is 1.14 bits per heavy atom. The summed E-state index contributed by atoms with van der Waals surface area (Å²) in [6, 6.07) is 12.4. The van der Waals surface area contributed by atoms with Gasteiger partial charge in [-0.15, -0.1) is 11.3 Å². The van der Waals surface area contributed by atoms with E-state index in [1.54, 1.807) is 0 Å². The van der Waals surface area contributed by atoms with Crippen molar-refractivity contribution >= 4 is 50.3 Å². The Balaban J connectivity index is 1.71. The lowest BCUT2D eigenvalue weighted by Gasteiger charge is -2.31. The number of halogens is 1. The minimum atomic E-state index is 0.0214. The predicted molar refractivity (Wildman–Crippen MR) is 98.0 cm³/mol. The zero-order chi connectivity index (χ0) is 14.7. The SMILES string of the molecule is S=C(Nc1ccc(Br)cc1)NC1(c2cccs2)CCCC1. The summed E-state index contributed by atoms with van der Waals surface area (Å²) in [5.41, 5.74) is 1.03. The van der Waals surface area contributed by atoms with Gasteiger partial charge in [0, 0.05) is 15.0 Å². The molecule has 2 N–H and O–H groups in total.